The lowest BCUT2D eigenvalue weighted by Gasteiger charge is -2.31. The Balaban J connectivity index is 0.00000101. The van der Waals surface area contributed by atoms with Gasteiger partial charge in [-0.1, -0.05) is 0 Å². The van der Waals surface area contributed by atoms with Gasteiger partial charge in [0.1, 0.15) is 0 Å². The Morgan fingerprint density at radius 1 is 1.30 bits per heavy atom. The van der Waals surface area contributed by atoms with E-state index in [1.54, 1.807) is 10.9 Å². The van der Waals surface area contributed by atoms with Crippen LogP contribution in [0.3, 0.4) is 0 Å². The van der Waals surface area contributed by atoms with Crippen LogP contribution in [-0.2, 0) is 32.6 Å². The van der Waals surface area contributed by atoms with Crippen LogP contribution in [0.25, 0.3) is 0 Å². The summed E-state index contributed by atoms with van der Waals surface area (Å²) < 4.78 is 1.79. The Kier molecular flexibility index (Phi) is 9.30. The lowest BCUT2D eigenvalue weighted by atomic mass is 9.85. The van der Waals surface area contributed by atoms with Crippen molar-refractivity contribution in [2.45, 2.75) is 51.0 Å². The van der Waals surface area contributed by atoms with Gasteiger partial charge in [0.05, 0.1) is 0 Å². The number of nitrogens with one attached hydrogen (secondary N) is 2. The molecule has 0 atom stereocenters. The lowest BCUT2D eigenvalue weighted by molar-refractivity contribution is -0.136. The molecule has 1 aliphatic heterocycles. The molecule has 0 unspecified atom stereocenters. The molecule has 1 aromatic rings. The number of rotatable bonds is 5. The molecule has 0 aromatic carbocycles. The second kappa shape index (κ2) is 11.9. The lowest BCUT2D eigenvalue weighted by Crippen LogP contribution is -2.43. The summed E-state index contributed by atoms with van der Waals surface area (Å²) in [5.41, 5.74) is 1.05. The second-order valence-corrected chi connectivity index (χ2v) is 7.59. The van der Waals surface area contributed by atoms with E-state index in [9.17, 15) is 14.4 Å². The van der Waals surface area contributed by atoms with Crippen molar-refractivity contribution in [3.63, 3.8) is 0 Å². The number of hydrogen-bond acceptors (Lipinski definition) is 5. The van der Waals surface area contributed by atoms with Crippen molar-refractivity contribution < 1.29 is 24.3 Å². The molecule has 1 saturated carbocycles. The topological polar surface area (TPSA) is 134 Å². The van der Waals surface area contributed by atoms with Crippen LogP contribution < -0.4 is 10.6 Å². The van der Waals surface area contributed by atoms with Crippen molar-refractivity contribution in [1.29, 1.82) is 0 Å². The van der Waals surface area contributed by atoms with E-state index in [4.69, 9.17) is 9.90 Å². The largest absolute Gasteiger partial charge is 0.483 e. The predicted octanol–water partition coefficient (Wildman–Crippen LogP) is 0.0770. The van der Waals surface area contributed by atoms with E-state index in [-0.39, 0.29) is 36.2 Å². The maximum atomic E-state index is 12.7. The molecule has 30 heavy (non-hydrogen) atoms. The average molecular weight is 421 g/mol. The van der Waals surface area contributed by atoms with Crippen LogP contribution in [0.2, 0.25) is 0 Å². The van der Waals surface area contributed by atoms with Crippen LogP contribution in [0.15, 0.2) is 12.3 Å². The molecule has 1 aromatic heterocycles. The first kappa shape index (κ1) is 23.4. The van der Waals surface area contributed by atoms with Crippen LogP contribution in [0.5, 0.6) is 0 Å². The molecule has 10 nitrogen and oxygen atoms in total. The van der Waals surface area contributed by atoms with Crippen LogP contribution in [0, 0.1) is 5.92 Å². The Hall–Kier alpha value is -2.91. The number of hydrogen-bond donors (Lipinski definition) is 3. The van der Waals surface area contributed by atoms with Crippen molar-refractivity contribution >= 4 is 24.2 Å². The van der Waals surface area contributed by atoms with E-state index in [1.807, 2.05) is 18.0 Å². The minimum Gasteiger partial charge on any atom is -0.483 e. The van der Waals surface area contributed by atoms with Crippen molar-refractivity contribution in [3.8, 4) is 0 Å². The van der Waals surface area contributed by atoms with Crippen molar-refractivity contribution in [2.24, 2.45) is 13.0 Å². The molecule has 10 heteroatoms. The molecule has 2 fully saturated rings. The molecule has 2 aliphatic rings. The van der Waals surface area contributed by atoms with Crippen molar-refractivity contribution in [1.82, 2.24) is 25.3 Å². The maximum Gasteiger partial charge on any atom is 0.290 e. The molecule has 3 rings (SSSR count). The highest BCUT2D eigenvalue weighted by Gasteiger charge is 2.30. The van der Waals surface area contributed by atoms with Gasteiger partial charge < -0.3 is 20.6 Å². The first-order valence-corrected chi connectivity index (χ1v) is 10.3. The first-order valence-electron chi connectivity index (χ1n) is 10.3. The number of amides is 3. The molecule has 166 valence electrons. The first-order chi connectivity index (χ1) is 14.4. The van der Waals surface area contributed by atoms with Gasteiger partial charge in [-0.2, -0.15) is 5.10 Å². The minimum absolute atomic E-state index is 0.0146. The van der Waals surface area contributed by atoms with Gasteiger partial charge in [0.25, 0.3) is 6.47 Å². The number of aromatic nitrogens is 2. The SMILES string of the molecule is Cn1nccc1CCC(=O)NC1CCC(C(=O)N2CCNC(=O)CC2)CC1.O=CO. The molecule has 0 spiro atoms. The molecule has 3 N–H and O–H groups in total. The van der Waals surface area contributed by atoms with Gasteiger partial charge in [-0.05, 0) is 38.2 Å². The standard InChI is InChI=1S/C19H29N5O3.CH2O2/c1-23-16(8-10-21-23)6-7-18(26)22-15-4-2-14(3-5-15)19(27)24-12-9-17(25)20-11-13-24;2-1-3/h8,10,14-15H,2-7,9,11-13H2,1H3,(H,20,25)(H,22,26);1H,(H,2,3). The van der Waals surface area contributed by atoms with Crippen LogP contribution in [0.1, 0.15) is 44.2 Å². The smallest absolute Gasteiger partial charge is 0.290 e. The van der Waals surface area contributed by atoms with E-state index >= 15 is 0 Å². The third-order valence-corrected chi connectivity index (χ3v) is 5.60. The summed E-state index contributed by atoms with van der Waals surface area (Å²) in [5.74, 6) is 0.249. The maximum absolute atomic E-state index is 12.7. The Morgan fingerprint density at radius 3 is 2.63 bits per heavy atom. The number of carbonyl (C=O) groups is 4. The Labute approximate surface area is 176 Å². The van der Waals surface area contributed by atoms with Gasteiger partial charge in [-0.3, -0.25) is 23.9 Å². The van der Waals surface area contributed by atoms with E-state index in [0.29, 0.717) is 38.9 Å². The van der Waals surface area contributed by atoms with Gasteiger partial charge in [0.15, 0.2) is 0 Å². The fourth-order valence-corrected chi connectivity index (χ4v) is 3.92. The van der Waals surface area contributed by atoms with Gasteiger partial charge >= 0.3 is 0 Å². The number of aryl methyl sites for hydroxylation is 2. The van der Waals surface area contributed by atoms with Crippen LogP contribution in [0.4, 0.5) is 0 Å². The van der Waals surface area contributed by atoms with Gasteiger partial charge in [-0.15, -0.1) is 0 Å². The van der Waals surface area contributed by atoms with Gasteiger partial charge in [0.2, 0.25) is 17.7 Å². The fraction of sp³-hybridized carbons (Fsp3) is 0.650. The van der Waals surface area contributed by atoms with Crippen molar-refractivity contribution in [3.05, 3.63) is 18.0 Å². The predicted molar refractivity (Wildman–Crippen MR) is 108 cm³/mol. The third-order valence-electron chi connectivity index (χ3n) is 5.60. The highest BCUT2D eigenvalue weighted by atomic mass is 16.3. The van der Waals surface area contributed by atoms with E-state index < -0.39 is 0 Å². The average Bonchev–Trinajstić information content (AvgIpc) is 3.01. The summed E-state index contributed by atoms with van der Waals surface area (Å²) in [4.78, 5) is 46.5. The summed E-state index contributed by atoms with van der Waals surface area (Å²) in [6, 6.07) is 2.08. The Bertz CT molecular complexity index is 727. The zero-order valence-corrected chi connectivity index (χ0v) is 17.4. The molecule has 2 heterocycles. The van der Waals surface area contributed by atoms with E-state index in [0.717, 1.165) is 31.4 Å². The molecule has 0 bridgehead atoms. The molecule has 1 aliphatic carbocycles. The quantitative estimate of drug-likeness (QED) is 0.577. The Morgan fingerprint density at radius 2 is 2.00 bits per heavy atom. The molecular formula is C20H31N5O5. The zero-order valence-electron chi connectivity index (χ0n) is 17.4. The zero-order chi connectivity index (χ0) is 21.9. The summed E-state index contributed by atoms with van der Waals surface area (Å²) >= 11 is 0. The van der Waals surface area contributed by atoms with Crippen LogP contribution >= 0.6 is 0 Å². The van der Waals surface area contributed by atoms with Crippen molar-refractivity contribution in [2.75, 3.05) is 19.6 Å². The van der Waals surface area contributed by atoms with Gasteiger partial charge in [0, 0.05) is 63.4 Å². The van der Waals surface area contributed by atoms with Gasteiger partial charge in [-0.25, -0.2) is 0 Å². The monoisotopic (exact) mass is 421 g/mol. The highest BCUT2D eigenvalue weighted by molar-refractivity contribution is 5.81. The normalized spacial score (nSPS) is 21.5. The summed E-state index contributed by atoms with van der Waals surface area (Å²) in [6.07, 6.45) is 6.51. The molecule has 3 amide bonds. The van der Waals surface area contributed by atoms with Crippen LogP contribution in [-0.4, -0.2) is 69.7 Å². The highest BCUT2D eigenvalue weighted by Crippen LogP contribution is 2.26. The molecule has 0 radical (unpaired) electrons. The molecule has 1 saturated heterocycles. The molecular weight excluding hydrogens is 390 g/mol. The minimum atomic E-state index is -0.250. The summed E-state index contributed by atoms with van der Waals surface area (Å²) in [7, 11) is 1.88. The van der Waals surface area contributed by atoms with E-state index in [2.05, 4.69) is 15.7 Å². The summed E-state index contributed by atoms with van der Waals surface area (Å²) in [5, 5.41) is 16.9. The summed E-state index contributed by atoms with van der Waals surface area (Å²) in [6.45, 7) is 1.39. The number of nitrogens with zero attached hydrogens (tertiary/aromatic N) is 3. The fourth-order valence-electron chi connectivity index (χ4n) is 3.92. The van der Waals surface area contributed by atoms with E-state index in [1.165, 1.54) is 0 Å². The third kappa shape index (κ3) is 7.16. The second-order valence-electron chi connectivity index (χ2n) is 7.59. The number of carbonyl (C=O) groups excluding carboxylic acids is 3. The number of carboxylic acid groups (broad SMARTS) is 1.